The summed E-state index contributed by atoms with van der Waals surface area (Å²) in [6.07, 6.45) is 24.7. The number of rotatable bonds is 14. The standard InChI is InChI=1S/C20H17FN6O.C18H15FN6.C15H12FNO2S.C12H10BrFN2.C12H11FN2.C3H7N/c1-12(28)23-17-10-27-18(24-17)9-8-16(25-27)20-19(13-2-4-14(21)5-3-13)22-11-26(20)15-6-7-15;19-12-3-1-11(2-4-12)17-18(24(10-21-17)13-5-6-13)14-7-8-16-22-15(20)9-25(16)23-14;1-11-3-9-14(10-4-11)20(18,19)15(17-2)12-5-7-13(16)8-6-12;13-12-11(8-1-3-9(14)4-2-8)15-7-16(12)10-5-6-10;13-10-3-1-9(2-4-10)12-7-15(8-14-12)11-5-6-11;4-3-1-2-3/h2-5,8-11,15H,6-7H2,1H3,(H,23,28);1-4,7-10,13H,5-6,20H2;3-10,15H,1H3;1-4,7,10H,5-6H2;1-4,7-8,11H,5-6H2;3H,1-2,4H2. The summed E-state index contributed by atoms with van der Waals surface area (Å²) in [5.41, 5.74) is 23.8. The highest BCUT2D eigenvalue weighted by molar-refractivity contribution is 9.10. The highest BCUT2D eigenvalue weighted by Crippen LogP contribution is 2.44. The van der Waals surface area contributed by atoms with Gasteiger partial charge in [0.2, 0.25) is 5.91 Å². The van der Waals surface area contributed by atoms with Gasteiger partial charge in [-0.15, -0.1) is 0 Å². The van der Waals surface area contributed by atoms with Gasteiger partial charge < -0.3 is 35.1 Å². The van der Waals surface area contributed by atoms with E-state index in [-0.39, 0.29) is 39.6 Å². The number of amides is 1. The van der Waals surface area contributed by atoms with Crippen molar-refractivity contribution in [2.24, 2.45) is 5.73 Å². The molecule has 5 aliphatic rings. The zero-order valence-electron chi connectivity index (χ0n) is 58.5. The lowest BCUT2D eigenvalue weighted by molar-refractivity contribution is -0.114. The van der Waals surface area contributed by atoms with E-state index in [1.807, 2.05) is 62.7 Å². The van der Waals surface area contributed by atoms with Gasteiger partial charge in [0.25, 0.3) is 9.84 Å². The molecule has 5 aliphatic carbocycles. The number of fused-ring (bicyclic) bond motifs is 2. The first-order valence-electron chi connectivity index (χ1n) is 35.1. The van der Waals surface area contributed by atoms with Crippen molar-refractivity contribution in [2.45, 2.75) is 119 Å². The number of carbonyl (C=O) groups is 1. The quantitative estimate of drug-likeness (QED) is 0.0677. The fourth-order valence-electron chi connectivity index (χ4n) is 11.7. The van der Waals surface area contributed by atoms with Crippen LogP contribution < -0.4 is 16.8 Å². The number of nitrogen functional groups attached to an aromatic ring is 1. The predicted molar refractivity (Wildman–Crippen MR) is 405 cm³/mol. The van der Waals surface area contributed by atoms with Crippen molar-refractivity contribution >= 4 is 54.6 Å². The first kappa shape index (κ1) is 73.1. The second-order valence-corrected chi connectivity index (χ2v) is 29.7. The monoisotopic (exact) mass is 1540 g/mol. The number of nitrogens with one attached hydrogen (secondary N) is 1. The Bertz CT molecular complexity index is 5660. The zero-order chi connectivity index (χ0) is 75.3. The summed E-state index contributed by atoms with van der Waals surface area (Å²) in [5, 5.41) is 10.7. The van der Waals surface area contributed by atoms with E-state index in [9.17, 15) is 35.2 Å². The Morgan fingerprint density at radius 2 is 0.926 bits per heavy atom. The molecule has 1 amide bonds. The summed E-state index contributed by atoms with van der Waals surface area (Å²) in [7, 11) is -3.81. The topological polar surface area (TPSA) is 251 Å². The van der Waals surface area contributed by atoms with Crippen LogP contribution in [0.3, 0.4) is 0 Å². The Morgan fingerprint density at radius 1 is 0.509 bits per heavy atom. The zero-order valence-corrected chi connectivity index (χ0v) is 60.9. The second kappa shape index (κ2) is 31.7. The minimum absolute atomic E-state index is 0.0911. The molecule has 8 aromatic heterocycles. The highest BCUT2D eigenvalue weighted by atomic mass is 79.9. The lowest BCUT2D eigenvalue weighted by atomic mass is 10.1. The van der Waals surface area contributed by atoms with Crippen molar-refractivity contribution in [3.63, 3.8) is 0 Å². The van der Waals surface area contributed by atoms with E-state index in [0.29, 0.717) is 53.1 Å². The third kappa shape index (κ3) is 17.7. The average Bonchev–Trinajstić information content (AvgIpc) is 1.63. The molecular weight excluding hydrogens is 1470 g/mol. The van der Waals surface area contributed by atoms with Crippen molar-refractivity contribution in [3.8, 4) is 67.8 Å². The molecule has 1 unspecified atom stereocenters. The molecule has 548 valence electrons. The molecule has 0 saturated heterocycles. The van der Waals surface area contributed by atoms with Gasteiger partial charge >= 0.3 is 5.37 Å². The van der Waals surface area contributed by atoms with Gasteiger partial charge in [-0.05, 0) is 245 Å². The highest BCUT2D eigenvalue weighted by Gasteiger charge is 2.35. The molecule has 0 radical (unpaired) electrons. The summed E-state index contributed by atoms with van der Waals surface area (Å²) in [6, 6.07) is 47.0. The number of aryl methyl sites for hydroxylation is 1. The van der Waals surface area contributed by atoms with Crippen LogP contribution in [-0.2, 0) is 14.6 Å². The number of aromatic nitrogens is 14. The van der Waals surface area contributed by atoms with Crippen LogP contribution in [0, 0.1) is 42.6 Å². The van der Waals surface area contributed by atoms with Crippen molar-refractivity contribution in [1.29, 1.82) is 0 Å². The molecular formula is C80H72BrF5N18O3S. The molecule has 8 heterocycles. The van der Waals surface area contributed by atoms with Crippen LogP contribution in [0.15, 0.2) is 223 Å². The second-order valence-electron chi connectivity index (χ2n) is 26.9. The first-order valence-corrected chi connectivity index (χ1v) is 37.4. The van der Waals surface area contributed by atoms with E-state index < -0.39 is 21.0 Å². The molecule has 0 bridgehead atoms. The number of anilines is 2. The molecule has 14 aromatic rings. The van der Waals surface area contributed by atoms with Crippen molar-refractivity contribution in [3.05, 3.63) is 270 Å². The number of carbonyl (C=O) groups excluding carboxylic acids is 1. The van der Waals surface area contributed by atoms with Gasteiger partial charge in [0.1, 0.15) is 56.6 Å². The molecule has 108 heavy (non-hydrogen) atoms. The Morgan fingerprint density at radius 3 is 1.38 bits per heavy atom. The summed E-state index contributed by atoms with van der Waals surface area (Å²) in [6.45, 7) is 10.4. The summed E-state index contributed by atoms with van der Waals surface area (Å²) < 4.78 is 103. The largest absolute Gasteiger partial charge is 0.382 e. The molecule has 5 saturated carbocycles. The van der Waals surface area contributed by atoms with Gasteiger partial charge in [0, 0.05) is 65.6 Å². The maximum absolute atomic E-state index is 13.4. The number of halogens is 6. The molecule has 5 fully saturated rings. The van der Waals surface area contributed by atoms with E-state index in [4.69, 9.17) is 18.0 Å². The van der Waals surface area contributed by atoms with Gasteiger partial charge in [-0.1, -0.05) is 17.7 Å². The van der Waals surface area contributed by atoms with Crippen LogP contribution in [-0.4, -0.2) is 87.8 Å². The third-order valence-electron chi connectivity index (χ3n) is 18.2. The minimum Gasteiger partial charge on any atom is -0.382 e. The maximum atomic E-state index is 13.4. The predicted octanol–water partition coefficient (Wildman–Crippen LogP) is 17.5. The van der Waals surface area contributed by atoms with Crippen LogP contribution in [0.25, 0.3) is 83.9 Å². The van der Waals surface area contributed by atoms with Crippen LogP contribution in [0.4, 0.5) is 33.6 Å². The third-order valence-corrected chi connectivity index (χ3v) is 20.9. The molecule has 1 atom stereocenters. The Kier molecular flexibility index (Phi) is 21.5. The van der Waals surface area contributed by atoms with Crippen LogP contribution in [0.1, 0.15) is 112 Å². The van der Waals surface area contributed by atoms with Crippen LogP contribution >= 0.6 is 15.9 Å². The number of imidazole rings is 6. The van der Waals surface area contributed by atoms with E-state index >= 15 is 0 Å². The number of benzene rings is 6. The Balaban J connectivity index is 0.000000113. The van der Waals surface area contributed by atoms with E-state index in [1.54, 1.807) is 82.1 Å². The van der Waals surface area contributed by atoms with Crippen LogP contribution in [0.2, 0.25) is 0 Å². The smallest absolute Gasteiger partial charge is 0.350 e. The lowest BCUT2D eigenvalue weighted by Crippen LogP contribution is -2.10. The van der Waals surface area contributed by atoms with Crippen LogP contribution in [0.5, 0.6) is 0 Å². The number of sulfone groups is 1. The number of hydrogen-bond donors (Lipinski definition) is 3. The van der Waals surface area contributed by atoms with Gasteiger partial charge in [0.15, 0.2) is 17.1 Å². The molecule has 0 aliphatic heterocycles. The normalized spacial score (nSPS) is 14.6. The molecule has 19 rings (SSSR count). The fourth-order valence-corrected chi connectivity index (χ4v) is 13.9. The van der Waals surface area contributed by atoms with E-state index in [0.717, 1.165) is 116 Å². The molecule has 6 aromatic carbocycles. The van der Waals surface area contributed by atoms with Gasteiger partial charge in [-0.3, -0.25) is 9.64 Å². The van der Waals surface area contributed by atoms with E-state index in [1.165, 1.54) is 118 Å². The fraction of sp³-hybridized carbons (Fsp3) is 0.225. The lowest BCUT2D eigenvalue weighted by Gasteiger charge is -2.09. The first-order chi connectivity index (χ1) is 52.2. The van der Waals surface area contributed by atoms with Crippen molar-refractivity contribution in [1.82, 2.24) is 67.4 Å². The van der Waals surface area contributed by atoms with Crippen molar-refractivity contribution < 1.29 is 35.2 Å². The van der Waals surface area contributed by atoms with Crippen molar-refractivity contribution in [2.75, 3.05) is 11.1 Å². The number of nitrogens with two attached hydrogens (primary N) is 2. The SMILES string of the molecule is CC(=O)Nc1cn2nc(-c3c(-c4ccc(F)cc4)ncn3C3CC3)ccc2n1.Fc1ccc(-c2cn(C3CC3)cn2)cc1.Fc1ccc(-c2ncn(C3CC3)c2Br)cc1.NC1CC1.Nc1cn2nc(-c3c(-c4ccc(F)cc4)ncn3C3CC3)ccc2n1.[C-]#[N+]C(c1ccc(F)cc1)S(=O)(=O)c1ccc(C)cc1. The number of nitrogens with zero attached hydrogens (tertiary/aromatic N) is 15. The van der Waals surface area contributed by atoms with Gasteiger partial charge in [-0.2, -0.15) is 10.2 Å². The Hall–Kier alpha value is -11.8. The minimum atomic E-state index is -3.81. The summed E-state index contributed by atoms with van der Waals surface area (Å²) in [5.74, 6) is -0.748. The molecule has 5 N–H and O–H groups in total. The average molecular weight is 1540 g/mol. The summed E-state index contributed by atoms with van der Waals surface area (Å²) >= 11 is 3.55. The summed E-state index contributed by atoms with van der Waals surface area (Å²) in [4.78, 5) is 41.0. The van der Waals surface area contributed by atoms with Gasteiger partial charge in [-0.25, -0.2) is 75.9 Å². The van der Waals surface area contributed by atoms with E-state index in [2.05, 4.69) is 84.5 Å². The molecule has 28 heteroatoms. The molecule has 21 nitrogen and oxygen atoms in total. The number of hydrogen-bond acceptors (Lipinski definition) is 13. The molecule has 0 spiro atoms. The Labute approximate surface area is 626 Å². The van der Waals surface area contributed by atoms with Gasteiger partial charge in [0.05, 0.1) is 76.6 Å². The maximum Gasteiger partial charge on any atom is 0.350 e.